The van der Waals surface area contributed by atoms with Crippen molar-refractivity contribution < 1.29 is 19.3 Å². The Morgan fingerprint density at radius 1 is 1.12 bits per heavy atom. The zero-order valence-electron chi connectivity index (χ0n) is 11.2. The number of piperidine rings is 1. The van der Waals surface area contributed by atoms with Crippen molar-refractivity contribution in [3.05, 3.63) is 0 Å². The summed E-state index contributed by atoms with van der Waals surface area (Å²) in [5.41, 5.74) is 0.919. The van der Waals surface area contributed by atoms with Gasteiger partial charge in [-0.15, -0.1) is 9.79 Å². The van der Waals surface area contributed by atoms with E-state index in [1.165, 1.54) is 12.8 Å². The third-order valence-electron chi connectivity index (χ3n) is 3.75. The van der Waals surface area contributed by atoms with E-state index in [0.29, 0.717) is 11.1 Å². The molecule has 1 rings (SSSR count). The molecule has 104 valence electrons. The van der Waals surface area contributed by atoms with Crippen LogP contribution in [0.2, 0.25) is 0 Å². The first-order valence-electron chi connectivity index (χ1n) is 5.68. The van der Waals surface area contributed by atoms with E-state index in [-0.39, 0.29) is 7.43 Å². The molecule has 0 bridgehead atoms. The summed E-state index contributed by atoms with van der Waals surface area (Å²) in [5.74, 6) is 0.888. The summed E-state index contributed by atoms with van der Waals surface area (Å²) in [6, 6.07) is 0. The van der Waals surface area contributed by atoms with Crippen LogP contribution >= 0.6 is 8.25 Å². The summed E-state index contributed by atoms with van der Waals surface area (Å²) in [6.45, 7) is 11.9. The van der Waals surface area contributed by atoms with Crippen molar-refractivity contribution >= 4 is 8.25 Å². The molecule has 0 unspecified atom stereocenters. The summed E-state index contributed by atoms with van der Waals surface area (Å²) in [5, 5.41) is 0. The molecule has 1 saturated heterocycles. The van der Waals surface area contributed by atoms with Crippen molar-refractivity contribution in [3.8, 4) is 0 Å². The molecule has 1 aliphatic rings. The smallest absolute Gasteiger partial charge is 0.329 e. The van der Waals surface area contributed by atoms with E-state index in [1.54, 1.807) is 4.90 Å². The maximum atomic E-state index is 8.70. The van der Waals surface area contributed by atoms with Gasteiger partial charge in [0.05, 0.1) is 18.1 Å². The highest BCUT2D eigenvalue weighted by Crippen LogP contribution is 2.27. The molecule has 1 heterocycles. The molecule has 1 fully saturated rings. The number of hydrogen-bond acceptors (Lipinski definition) is 1. The maximum Gasteiger partial charge on any atom is 0.692 e. The van der Waals surface area contributed by atoms with Crippen LogP contribution in [-0.2, 0) is 4.57 Å². The molecule has 3 N–H and O–H groups in total. The van der Waals surface area contributed by atoms with Gasteiger partial charge in [0, 0.05) is 17.4 Å². The minimum atomic E-state index is -2.87. The zero-order chi connectivity index (χ0) is 13.1. The van der Waals surface area contributed by atoms with Crippen molar-refractivity contribution in [2.24, 2.45) is 5.92 Å². The maximum absolute atomic E-state index is 8.70. The van der Waals surface area contributed by atoms with Crippen molar-refractivity contribution in [2.45, 2.75) is 66.0 Å². The highest BCUT2D eigenvalue weighted by atomic mass is 31.1. The lowest BCUT2D eigenvalue weighted by atomic mass is 9.75. The van der Waals surface area contributed by atoms with Gasteiger partial charge in [-0.3, -0.25) is 0 Å². The first-order chi connectivity index (χ1) is 6.99. The van der Waals surface area contributed by atoms with E-state index in [0.717, 1.165) is 5.92 Å². The van der Waals surface area contributed by atoms with Gasteiger partial charge in [0.1, 0.15) is 0 Å². The van der Waals surface area contributed by atoms with Crippen LogP contribution in [0, 0.1) is 5.92 Å². The molecule has 0 aliphatic carbocycles. The normalized spacial score (nSPS) is 29.4. The van der Waals surface area contributed by atoms with Gasteiger partial charge in [0.2, 0.25) is 0 Å². The number of quaternary nitrogens is 1. The van der Waals surface area contributed by atoms with Crippen LogP contribution in [0.4, 0.5) is 0 Å². The Balaban J connectivity index is 0. The van der Waals surface area contributed by atoms with Gasteiger partial charge in [-0.2, -0.15) is 0 Å². The predicted octanol–water partition coefficient (Wildman–Crippen LogP) is 1.75. The molecule has 0 amide bonds. The van der Waals surface area contributed by atoms with Crippen LogP contribution in [0.1, 0.15) is 54.9 Å². The average Bonchev–Trinajstić information content (AvgIpc) is 1.96. The Hall–Kier alpha value is -0.0200. The fourth-order valence-corrected chi connectivity index (χ4v) is 3.04. The van der Waals surface area contributed by atoms with Crippen LogP contribution in [0.5, 0.6) is 0 Å². The van der Waals surface area contributed by atoms with Gasteiger partial charge in [0.15, 0.2) is 0 Å². The Morgan fingerprint density at radius 3 is 1.59 bits per heavy atom. The Morgan fingerprint density at radius 2 is 1.35 bits per heavy atom. The molecule has 0 aromatic rings. The first kappa shape index (κ1) is 19.3. The lowest BCUT2D eigenvalue weighted by molar-refractivity contribution is -0.983. The largest absolute Gasteiger partial charge is 0.692 e. The summed E-state index contributed by atoms with van der Waals surface area (Å²) in [4.78, 5) is 15.9. The molecule has 0 spiro atoms. The van der Waals surface area contributed by atoms with E-state index in [9.17, 15) is 0 Å². The van der Waals surface area contributed by atoms with E-state index in [4.69, 9.17) is 14.4 Å². The minimum Gasteiger partial charge on any atom is -0.329 e. The van der Waals surface area contributed by atoms with Crippen LogP contribution in [-0.4, -0.2) is 27.9 Å². The van der Waals surface area contributed by atoms with Gasteiger partial charge in [0.25, 0.3) is 0 Å². The molecule has 0 aromatic heterocycles. The highest BCUT2D eigenvalue weighted by Gasteiger charge is 2.45. The lowest BCUT2D eigenvalue weighted by Gasteiger charge is -2.49. The SMILES string of the molecule is C.CC1CC(C)(C)[NH+](C)C(C)(C)C1.O=[P+](O)O. The van der Waals surface area contributed by atoms with Crippen LogP contribution in [0.15, 0.2) is 0 Å². The molecule has 5 heteroatoms. The molecule has 4 nitrogen and oxygen atoms in total. The van der Waals surface area contributed by atoms with Crippen LogP contribution in [0.3, 0.4) is 0 Å². The number of likely N-dealkylation sites (tertiary alicyclic amines) is 1. The van der Waals surface area contributed by atoms with Gasteiger partial charge < -0.3 is 4.90 Å². The number of rotatable bonds is 0. The molecule has 1 aliphatic heterocycles. The van der Waals surface area contributed by atoms with Crippen LogP contribution in [0.25, 0.3) is 0 Å². The summed E-state index contributed by atoms with van der Waals surface area (Å²) in [7, 11) is -0.531. The van der Waals surface area contributed by atoms with Gasteiger partial charge in [-0.05, 0) is 33.6 Å². The fourth-order valence-electron chi connectivity index (χ4n) is 3.04. The molecule has 0 atom stereocenters. The molecular formula is C12H30NO3P+2. The Bertz CT molecular complexity index is 232. The molecule has 17 heavy (non-hydrogen) atoms. The van der Waals surface area contributed by atoms with Gasteiger partial charge in [-0.25, -0.2) is 0 Å². The minimum absolute atomic E-state index is 0. The van der Waals surface area contributed by atoms with Gasteiger partial charge in [-0.1, -0.05) is 14.4 Å². The first-order valence-corrected chi connectivity index (χ1v) is 6.85. The Labute approximate surface area is 107 Å². The summed E-state index contributed by atoms with van der Waals surface area (Å²) < 4.78 is 8.70. The van der Waals surface area contributed by atoms with E-state index >= 15 is 0 Å². The zero-order valence-corrected chi connectivity index (χ0v) is 12.1. The second kappa shape index (κ2) is 6.79. The Kier molecular flexibility index (Phi) is 7.72. The molecule has 0 aromatic carbocycles. The third kappa shape index (κ3) is 6.46. The topological polar surface area (TPSA) is 62.0 Å². The summed E-state index contributed by atoms with van der Waals surface area (Å²) in [6.07, 6.45) is 2.73. The second-order valence-corrected chi connectivity index (χ2v) is 6.66. The van der Waals surface area contributed by atoms with E-state index < -0.39 is 8.25 Å². The molecule has 0 saturated carbocycles. The quantitative estimate of drug-likeness (QED) is 0.586. The van der Waals surface area contributed by atoms with E-state index in [2.05, 4.69) is 41.7 Å². The van der Waals surface area contributed by atoms with Crippen molar-refractivity contribution in [1.29, 1.82) is 0 Å². The number of nitrogens with one attached hydrogen (secondary N) is 1. The fraction of sp³-hybridized carbons (Fsp3) is 1.00. The van der Waals surface area contributed by atoms with Crippen molar-refractivity contribution in [1.82, 2.24) is 0 Å². The van der Waals surface area contributed by atoms with Crippen molar-refractivity contribution in [3.63, 3.8) is 0 Å². The third-order valence-corrected chi connectivity index (χ3v) is 3.75. The number of hydrogen-bond donors (Lipinski definition) is 3. The summed E-state index contributed by atoms with van der Waals surface area (Å²) >= 11 is 0. The van der Waals surface area contributed by atoms with Crippen LogP contribution < -0.4 is 4.90 Å². The standard InChI is InChI=1S/C11H23N.CH4.HO3P/c1-9-7-10(2,3)12(6)11(4,5)8-9;;1-4(2)3/h9H,7-8H2,1-6H3;1H4;(H-,1,2,3)/p+2. The molecule has 0 radical (unpaired) electrons. The monoisotopic (exact) mass is 267 g/mol. The van der Waals surface area contributed by atoms with E-state index in [1.807, 2.05) is 0 Å². The van der Waals surface area contributed by atoms with Crippen molar-refractivity contribution in [2.75, 3.05) is 7.05 Å². The average molecular weight is 267 g/mol. The second-order valence-electron chi connectivity index (χ2n) is 6.16. The molecular weight excluding hydrogens is 237 g/mol. The lowest BCUT2D eigenvalue weighted by Crippen LogP contribution is -3.24. The predicted molar refractivity (Wildman–Crippen MR) is 72.2 cm³/mol. The highest BCUT2D eigenvalue weighted by molar-refractivity contribution is 7.30. The van der Waals surface area contributed by atoms with Gasteiger partial charge >= 0.3 is 8.25 Å².